The highest BCUT2D eigenvalue weighted by Crippen LogP contribution is 2.22. The van der Waals surface area contributed by atoms with Gasteiger partial charge in [0.05, 0.1) is 0 Å². The van der Waals surface area contributed by atoms with Crippen LogP contribution in [0.15, 0.2) is 18.2 Å². The van der Waals surface area contributed by atoms with Crippen molar-refractivity contribution < 1.29 is 0 Å². The quantitative estimate of drug-likeness (QED) is 0.843. The molecule has 1 unspecified atom stereocenters. The Labute approximate surface area is 118 Å². The number of rotatable bonds is 6. The number of hydrogen-bond donors (Lipinski definition) is 1. The van der Waals surface area contributed by atoms with E-state index in [2.05, 4.69) is 49.2 Å². The van der Waals surface area contributed by atoms with E-state index in [1.54, 1.807) is 0 Å². The van der Waals surface area contributed by atoms with Crippen LogP contribution in [0, 0.1) is 13.8 Å². The molecule has 0 aromatic heterocycles. The second-order valence-electron chi connectivity index (χ2n) is 5.87. The van der Waals surface area contributed by atoms with Crippen molar-refractivity contribution in [3.63, 3.8) is 0 Å². The fraction of sp³-hybridized carbons (Fsp3) is 0.647. The number of hydrogen-bond acceptors (Lipinski definition) is 2. The molecule has 1 saturated heterocycles. The molecule has 1 aromatic rings. The lowest BCUT2D eigenvalue weighted by molar-refractivity contribution is 0.292. The summed E-state index contributed by atoms with van der Waals surface area (Å²) in [6.07, 6.45) is 3.93. The molecule has 106 valence electrons. The highest BCUT2D eigenvalue weighted by atomic mass is 15.2. The molecule has 1 aliphatic rings. The molecular formula is C17H28N2. The van der Waals surface area contributed by atoms with Gasteiger partial charge in [0, 0.05) is 12.6 Å². The first-order chi connectivity index (χ1) is 9.20. The van der Waals surface area contributed by atoms with Gasteiger partial charge in [-0.25, -0.2) is 0 Å². The van der Waals surface area contributed by atoms with E-state index in [4.69, 9.17) is 0 Å². The Bertz CT molecular complexity index is 394. The van der Waals surface area contributed by atoms with Gasteiger partial charge in [0.1, 0.15) is 0 Å². The van der Waals surface area contributed by atoms with Gasteiger partial charge in [-0.1, -0.05) is 30.7 Å². The van der Waals surface area contributed by atoms with Gasteiger partial charge < -0.3 is 10.2 Å². The Hall–Kier alpha value is -0.860. The minimum Gasteiger partial charge on any atom is -0.309 e. The van der Waals surface area contributed by atoms with E-state index in [-0.39, 0.29) is 0 Å². The van der Waals surface area contributed by atoms with Crippen molar-refractivity contribution in [3.8, 4) is 0 Å². The van der Waals surface area contributed by atoms with Crippen molar-refractivity contribution in [2.75, 3.05) is 26.2 Å². The monoisotopic (exact) mass is 260 g/mol. The molecule has 0 bridgehead atoms. The molecule has 2 rings (SSSR count). The summed E-state index contributed by atoms with van der Waals surface area (Å²) in [4.78, 5) is 2.61. The average molecular weight is 260 g/mol. The van der Waals surface area contributed by atoms with E-state index in [9.17, 15) is 0 Å². The van der Waals surface area contributed by atoms with Crippen molar-refractivity contribution in [2.45, 2.75) is 46.1 Å². The van der Waals surface area contributed by atoms with Crippen molar-refractivity contribution in [1.29, 1.82) is 0 Å². The number of benzene rings is 1. The number of nitrogens with one attached hydrogen (secondary N) is 1. The van der Waals surface area contributed by atoms with Crippen molar-refractivity contribution in [2.24, 2.45) is 0 Å². The number of nitrogens with zero attached hydrogens (tertiary/aromatic N) is 1. The summed E-state index contributed by atoms with van der Waals surface area (Å²) in [6.45, 7) is 11.5. The molecule has 2 heteroatoms. The lowest BCUT2D eigenvalue weighted by Gasteiger charge is -2.26. The van der Waals surface area contributed by atoms with Crippen LogP contribution in [0.25, 0.3) is 0 Å². The van der Waals surface area contributed by atoms with Crippen LogP contribution in [0.3, 0.4) is 0 Å². The summed E-state index contributed by atoms with van der Waals surface area (Å²) in [5.74, 6) is 0. The summed E-state index contributed by atoms with van der Waals surface area (Å²) in [5.41, 5.74) is 4.27. The maximum absolute atomic E-state index is 3.74. The van der Waals surface area contributed by atoms with Gasteiger partial charge in [0.15, 0.2) is 0 Å². The Morgan fingerprint density at radius 2 is 1.95 bits per heavy atom. The lowest BCUT2D eigenvalue weighted by Crippen LogP contribution is -2.34. The second kappa shape index (κ2) is 7.06. The Morgan fingerprint density at radius 1 is 1.21 bits per heavy atom. The minimum absolute atomic E-state index is 0.484. The highest BCUT2D eigenvalue weighted by molar-refractivity contribution is 5.33. The first-order valence-corrected chi connectivity index (χ1v) is 7.73. The minimum atomic E-state index is 0.484. The van der Waals surface area contributed by atoms with Crippen LogP contribution in [0.2, 0.25) is 0 Å². The van der Waals surface area contributed by atoms with Crippen LogP contribution in [-0.2, 0) is 0 Å². The first-order valence-electron chi connectivity index (χ1n) is 7.73. The van der Waals surface area contributed by atoms with Crippen LogP contribution in [0.5, 0.6) is 0 Å². The molecule has 1 aliphatic heterocycles. The maximum Gasteiger partial charge on any atom is 0.0452 e. The smallest absolute Gasteiger partial charge is 0.0452 e. The predicted octanol–water partition coefficient (Wildman–Crippen LogP) is 3.44. The summed E-state index contributed by atoms with van der Waals surface area (Å²) >= 11 is 0. The molecule has 0 saturated carbocycles. The molecule has 1 fully saturated rings. The van der Waals surface area contributed by atoms with Gasteiger partial charge >= 0.3 is 0 Å². The standard InChI is InChI=1S/C17H28N2/c1-4-9-18-17(13-19-10-5-6-11-19)16-12-14(2)7-8-15(16)3/h7-8,12,17-18H,4-6,9-11,13H2,1-3H3. The summed E-state index contributed by atoms with van der Waals surface area (Å²) in [6, 6.07) is 7.32. The topological polar surface area (TPSA) is 15.3 Å². The highest BCUT2D eigenvalue weighted by Gasteiger charge is 2.19. The van der Waals surface area contributed by atoms with Gasteiger partial charge in [-0.3, -0.25) is 0 Å². The molecule has 2 nitrogen and oxygen atoms in total. The molecule has 0 amide bonds. The molecule has 0 aliphatic carbocycles. The first kappa shape index (κ1) is 14.5. The van der Waals surface area contributed by atoms with Crippen LogP contribution in [0.4, 0.5) is 0 Å². The van der Waals surface area contributed by atoms with Gasteiger partial charge in [0.2, 0.25) is 0 Å². The molecular weight excluding hydrogens is 232 g/mol. The van der Waals surface area contributed by atoms with Gasteiger partial charge in [0.25, 0.3) is 0 Å². The van der Waals surface area contributed by atoms with Crippen LogP contribution in [-0.4, -0.2) is 31.1 Å². The van der Waals surface area contributed by atoms with E-state index < -0.39 is 0 Å². The van der Waals surface area contributed by atoms with Crippen LogP contribution in [0.1, 0.15) is 48.9 Å². The van der Waals surface area contributed by atoms with Crippen molar-refractivity contribution >= 4 is 0 Å². The van der Waals surface area contributed by atoms with Crippen LogP contribution < -0.4 is 5.32 Å². The third-order valence-electron chi connectivity index (χ3n) is 4.09. The zero-order valence-electron chi connectivity index (χ0n) is 12.7. The second-order valence-corrected chi connectivity index (χ2v) is 5.87. The van der Waals surface area contributed by atoms with E-state index >= 15 is 0 Å². The van der Waals surface area contributed by atoms with E-state index in [0.717, 1.165) is 13.1 Å². The zero-order chi connectivity index (χ0) is 13.7. The van der Waals surface area contributed by atoms with Gasteiger partial charge in [-0.15, -0.1) is 0 Å². The Kier molecular flexibility index (Phi) is 5.41. The normalized spacial score (nSPS) is 17.8. The molecule has 1 N–H and O–H groups in total. The van der Waals surface area contributed by atoms with Gasteiger partial charge in [-0.2, -0.15) is 0 Å². The number of aryl methyl sites for hydroxylation is 2. The summed E-state index contributed by atoms with van der Waals surface area (Å²) in [7, 11) is 0. The maximum atomic E-state index is 3.74. The SMILES string of the molecule is CCCNC(CN1CCCC1)c1cc(C)ccc1C. The predicted molar refractivity (Wildman–Crippen MR) is 82.6 cm³/mol. The van der Waals surface area contributed by atoms with Crippen LogP contribution >= 0.6 is 0 Å². The van der Waals surface area contributed by atoms with E-state index in [1.807, 2.05) is 0 Å². The molecule has 1 aromatic carbocycles. The summed E-state index contributed by atoms with van der Waals surface area (Å²) < 4.78 is 0. The Balaban J connectivity index is 2.12. The van der Waals surface area contributed by atoms with E-state index in [0.29, 0.717) is 6.04 Å². The third-order valence-corrected chi connectivity index (χ3v) is 4.09. The molecule has 19 heavy (non-hydrogen) atoms. The fourth-order valence-electron chi connectivity index (χ4n) is 2.95. The van der Waals surface area contributed by atoms with Crippen molar-refractivity contribution in [3.05, 3.63) is 34.9 Å². The number of likely N-dealkylation sites (tertiary alicyclic amines) is 1. The largest absolute Gasteiger partial charge is 0.309 e. The van der Waals surface area contributed by atoms with Gasteiger partial charge in [-0.05, 0) is 63.9 Å². The average Bonchev–Trinajstić information content (AvgIpc) is 2.90. The Morgan fingerprint density at radius 3 is 2.63 bits per heavy atom. The summed E-state index contributed by atoms with van der Waals surface area (Å²) in [5, 5.41) is 3.74. The lowest BCUT2D eigenvalue weighted by atomic mass is 9.98. The molecule has 0 spiro atoms. The van der Waals surface area contributed by atoms with E-state index in [1.165, 1.54) is 49.0 Å². The molecule has 1 heterocycles. The molecule has 1 atom stereocenters. The molecule has 0 radical (unpaired) electrons. The fourth-order valence-corrected chi connectivity index (χ4v) is 2.95. The van der Waals surface area contributed by atoms with Crippen molar-refractivity contribution in [1.82, 2.24) is 10.2 Å². The third kappa shape index (κ3) is 4.05. The zero-order valence-corrected chi connectivity index (χ0v) is 12.7.